The minimum absolute atomic E-state index is 0.212. The minimum atomic E-state index is -0.937. The number of hydrogen-bond acceptors (Lipinski definition) is 3. The Morgan fingerprint density at radius 2 is 1.95 bits per heavy atom. The molecule has 1 amide bonds. The summed E-state index contributed by atoms with van der Waals surface area (Å²) < 4.78 is 4.08. The van der Waals surface area contributed by atoms with Gasteiger partial charge in [0.1, 0.15) is 4.33 Å². The van der Waals surface area contributed by atoms with Crippen LogP contribution in [0.4, 0.5) is 5.69 Å². The highest BCUT2D eigenvalue weighted by molar-refractivity contribution is 6.52. The summed E-state index contributed by atoms with van der Waals surface area (Å²) in [5.41, 5.74) is 1.05. The van der Waals surface area contributed by atoms with Gasteiger partial charge < -0.3 is 10.1 Å². The Morgan fingerprint density at radius 3 is 2.45 bits per heavy atom. The second-order valence-electron chi connectivity index (χ2n) is 4.72. The summed E-state index contributed by atoms with van der Waals surface area (Å²) in [6, 6.07) is 6.50. The van der Waals surface area contributed by atoms with Crippen LogP contribution >= 0.6 is 23.2 Å². The molecule has 1 unspecified atom stereocenters. The second-order valence-corrected chi connectivity index (χ2v) is 6.26. The van der Waals surface area contributed by atoms with Crippen molar-refractivity contribution in [1.29, 1.82) is 0 Å². The normalized spacial score (nSPS) is 19.2. The van der Waals surface area contributed by atoms with Crippen molar-refractivity contribution < 1.29 is 14.3 Å². The Kier molecular flexibility index (Phi) is 4.55. The van der Waals surface area contributed by atoms with Gasteiger partial charge in [0.15, 0.2) is 0 Å². The van der Waals surface area contributed by atoms with Crippen molar-refractivity contribution in [2.75, 3.05) is 11.9 Å². The first-order chi connectivity index (χ1) is 9.44. The van der Waals surface area contributed by atoms with E-state index in [9.17, 15) is 9.59 Å². The fraction of sp³-hybridized carbons (Fsp3) is 0.429. The molecule has 1 aliphatic carbocycles. The van der Waals surface area contributed by atoms with Gasteiger partial charge in [0, 0.05) is 5.69 Å². The van der Waals surface area contributed by atoms with Crippen molar-refractivity contribution in [3.05, 3.63) is 29.8 Å². The zero-order valence-electron chi connectivity index (χ0n) is 11.0. The molecular formula is C14H15Cl2NO3. The molecule has 4 nitrogen and oxygen atoms in total. The summed E-state index contributed by atoms with van der Waals surface area (Å²) in [5, 5.41) is 2.71. The zero-order chi connectivity index (χ0) is 14.8. The van der Waals surface area contributed by atoms with E-state index >= 15 is 0 Å². The van der Waals surface area contributed by atoms with Crippen LogP contribution in [0.2, 0.25) is 0 Å². The Hall–Kier alpha value is -1.26. The van der Waals surface area contributed by atoms with Crippen molar-refractivity contribution in [2.24, 2.45) is 5.92 Å². The van der Waals surface area contributed by atoms with E-state index in [2.05, 4.69) is 5.32 Å². The SMILES string of the molecule is CCCOC(=O)c1ccc(NC(=O)C2CC2(Cl)Cl)cc1. The van der Waals surface area contributed by atoms with Crippen LogP contribution < -0.4 is 5.32 Å². The van der Waals surface area contributed by atoms with Crippen LogP contribution in [0.25, 0.3) is 0 Å². The number of carbonyl (C=O) groups is 2. The first-order valence-electron chi connectivity index (χ1n) is 6.40. The summed E-state index contributed by atoms with van der Waals surface area (Å²) in [6.07, 6.45) is 1.24. The van der Waals surface area contributed by atoms with Gasteiger partial charge in [0.05, 0.1) is 18.1 Å². The number of amides is 1. The van der Waals surface area contributed by atoms with E-state index in [-0.39, 0.29) is 17.8 Å². The van der Waals surface area contributed by atoms with Crippen LogP contribution in [-0.4, -0.2) is 22.8 Å². The molecule has 2 rings (SSSR count). The number of alkyl halides is 2. The lowest BCUT2D eigenvalue weighted by molar-refractivity contribution is -0.117. The largest absolute Gasteiger partial charge is 0.462 e. The number of halogens is 2. The van der Waals surface area contributed by atoms with Gasteiger partial charge in [-0.25, -0.2) is 4.79 Å². The third kappa shape index (κ3) is 3.64. The zero-order valence-corrected chi connectivity index (χ0v) is 12.5. The van der Waals surface area contributed by atoms with Gasteiger partial charge in [-0.05, 0) is 37.1 Å². The monoisotopic (exact) mass is 315 g/mol. The van der Waals surface area contributed by atoms with Crippen LogP contribution in [0, 0.1) is 5.92 Å². The van der Waals surface area contributed by atoms with Crippen LogP contribution in [0.5, 0.6) is 0 Å². The van der Waals surface area contributed by atoms with Crippen LogP contribution in [0.3, 0.4) is 0 Å². The van der Waals surface area contributed by atoms with E-state index < -0.39 is 4.33 Å². The summed E-state index contributed by atoms with van der Waals surface area (Å²) in [5.74, 6) is -0.955. The minimum Gasteiger partial charge on any atom is -0.462 e. The van der Waals surface area contributed by atoms with Crippen molar-refractivity contribution in [1.82, 2.24) is 0 Å². The number of rotatable bonds is 5. The molecule has 0 heterocycles. The van der Waals surface area contributed by atoms with Crippen LogP contribution in [-0.2, 0) is 9.53 Å². The topological polar surface area (TPSA) is 55.4 Å². The second kappa shape index (κ2) is 6.02. The van der Waals surface area contributed by atoms with Gasteiger partial charge >= 0.3 is 5.97 Å². The highest BCUT2D eigenvalue weighted by atomic mass is 35.5. The van der Waals surface area contributed by atoms with E-state index in [1.807, 2.05) is 6.92 Å². The Morgan fingerprint density at radius 1 is 1.35 bits per heavy atom. The molecule has 1 aliphatic rings. The molecule has 0 radical (unpaired) electrons. The summed E-state index contributed by atoms with van der Waals surface area (Å²) in [4.78, 5) is 23.4. The number of nitrogens with one attached hydrogen (secondary N) is 1. The van der Waals surface area contributed by atoms with E-state index in [1.54, 1.807) is 24.3 Å². The molecular weight excluding hydrogens is 301 g/mol. The molecule has 6 heteroatoms. The molecule has 20 heavy (non-hydrogen) atoms. The van der Waals surface area contributed by atoms with E-state index in [1.165, 1.54) is 0 Å². The maximum Gasteiger partial charge on any atom is 0.338 e. The summed E-state index contributed by atoms with van der Waals surface area (Å²) >= 11 is 11.7. The fourth-order valence-corrected chi connectivity index (χ4v) is 2.20. The maximum absolute atomic E-state index is 11.8. The number of esters is 1. The third-order valence-electron chi connectivity index (χ3n) is 2.97. The highest BCUT2D eigenvalue weighted by Gasteiger charge is 2.56. The van der Waals surface area contributed by atoms with E-state index in [4.69, 9.17) is 27.9 Å². The molecule has 0 spiro atoms. The first-order valence-corrected chi connectivity index (χ1v) is 7.15. The van der Waals surface area contributed by atoms with E-state index in [0.717, 1.165) is 6.42 Å². The van der Waals surface area contributed by atoms with Gasteiger partial charge in [-0.15, -0.1) is 23.2 Å². The number of anilines is 1. The molecule has 0 bridgehead atoms. The third-order valence-corrected chi connectivity index (χ3v) is 3.80. The lowest BCUT2D eigenvalue weighted by Gasteiger charge is -2.07. The molecule has 0 aromatic heterocycles. The lowest BCUT2D eigenvalue weighted by Crippen LogP contribution is -2.16. The number of ether oxygens (including phenoxy) is 1. The van der Waals surface area contributed by atoms with Crippen molar-refractivity contribution in [3.8, 4) is 0 Å². The molecule has 1 atom stereocenters. The number of carbonyl (C=O) groups excluding carboxylic acids is 2. The fourth-order valence-electron chi connectivity index (χ4n) is 1.69. The van der Waals surface area contributed by atoms with Gasteiger partial charge in [-0.1, -0.05) is 6.92 Å². The molecule has 1 saturated carbocycles. The summed E-state index contributed by atoms with van der Waals surface area (Å²) in [6.45, 7) is 2.32. The average molecular weight is 316 g/mol. The predicted molar refractivity (Wildman–Crippen MR) is 78.2 cm³/mol. The van der Waals surface area contributed by atoms with Gasteiger partial charge in [0.25, 0.3) is 0 Å². The Bertz CT molecular complexity index is 514. The van der Waals surface area contributed by atoms with Crippen LogP contribution in [0.15, 0.2) is 24.3 Å². The van der Waals surface area contributed by atoms with Crippen molar-refractivity contribution in [3.63, 3.8) is 0 Å². The molecule has 108 valence electrons. The molecule has 0 saturated heterocycles. The average Bonchev–Trinajstić information content (AvgIpc) is 3.06. The standard InChI is InChI=1S/C14H15Cl2NO3/c1-2-7-20-13(19)9-3-5-10(6-4-9)17-12(18)11-8-14(11,15)16/h3-6,11H,2,7-8H2,1H3,(H,17,18). The molecule has 1 N–H and O–H groups in total. The van der Waals surface area contributed by atoms with E-state index in [0.29, 0.717) is 24.3 Å². The smallest absolute Gasteiger partial charge is 0.338 e. The van der Waals surface area contributed by atoms with Crippen LogP contribution in [0.1, 0.15) is 30.1 Å². The highest BCUT2D eigenvalue weighted by Crippen LogP contribution is 2.53. The summed E-state index contributed by atoms with van der Waals surface area (Å²) in [7, 11) is 0. The predicted octanol–water partition coefficient (Wildman–Crippen LogP) is 3.39. The Balaban J connectivity index is 1.92. The van der Waals surface area contributed by atoms with Gasteiger partial charge in [0.2, 0.25) is 5.91 Å². The van der Waals surface area contributed by atoms with Gasteiger partial charge in [-0.2, -0.15) is 0 Å². The maximum atomic E-state index is 11.8. The molecule has 1 aromatic rings. The number of hydrogen-bond donors (Lipinski definition) is 1. The quantitative estimate of drug-likeness (QED) is 0.669. The lowest BCUT2D eigenvalue weighted by atomic mass is 10.2. The van der Waals surface area contributed by atoms with Gasteiger partial charge in [-0.3, -0.25) is 4.79 Å². The number of benzene rings is 1. The molecule has 1 aromatic carbocycles. The first kappa shape index (κ1) is 15.1. The molecule has 0 aliphatic heterocycles. The van der Waals surface area contributed by atoms with Crippen molar-refractivity contribution >= 4 is 40.8 Å². The molecule has 1 fully saturated rings. The van der Waals surface area contributed by atoms with Crippen molar-refractivity contribution in [2.45, 2.75) is 24.1 Å². The Labute approximate surface area is 127 Å².